The third-order valence-electron chi connectivity index (χ3n) is 3.81. The lowest BCUT2D eigenvalue weighted by atomic mass is 9.93. The maximum atomic E-state index is 14.2. The third-order valence-corrected chi connectivity index (χ3v) is 3.81. The second-order valence-electron chi connectivity index (χ2n) is 6.26. The lowest BCUT2D eigenvalue weighted by molar-refractivity contribution is 0.418. The number of hydrogen-bond acceptors (Lipinski definition) is 2. The molecule has 106 valence electrons. The molecular weight excluding hydrogens is 239 g/mol. The van der Waals surface area contributed by atoms with Gasteiger partial charge in [0.05, 0.1) is 5.69 Å². The van der Waals surface area contributed by atoms with Crippen molar-refractivity contribution in [3.8, 4) is 0 Å². The molecule has 0 unspecified atom stereocenters. The first kappa shape index (κ1) is 14.3. The smallest absolute Gasteiger partial charge is 0.146 e. The van der Waals surface area contributed by atoms with E-state index in [0.29, 0.717) is 0 Å². The highest BCUT2D eigenvalue weighted by Crippen LogP contribution is 2.35. The lowest BCUT2D eigenvalue weighted by Gasteiger charge is -2.24. The molecule has 1 aromatic rings. The molecule has 0 atom stereocenters. The highest BCUT2D eigenvalue weighted by Gasteiger charge is 2.31. The zero-order chi connectivity index (χ0) is 13.9. The van der Waals surface area contributed by atoms with Gasteiger partial charge < -0.3 is 10.2 Å². The van der Waals surface area contributed by atoms with Crippen LogP contribution in [0.2, 0.25) is 0 Å². The molecular formula is C16H25FN2. The largest absolute Gasteiger partial charge is 0.368 e. The SMILES string of the molecule is CCCNCc1cccc(F)c1N1CCC(C)(C)C1. The summed E-state index contributed by atoms with van der Waals surface area (Å²) in [5, 5.41) is 3.37. The highest BCUT2D eigenvalue weighted by molar-refractivity contribution is 5.56. The van der Waals surface area contributed by atoms with Crippen LogP contribution in [0.5, 0.6) is 0 Å². The van der Waals surface area contributed by atoms with E-state index >= 15 is 0 Å². The Morgan fingerprint density at radius 1 is 1.37 bits per heavy atom. The maximum Gasteiger partial charge on any atom is 0.146 e. The molecule has 2 rings (SSSR count). The molecule has 0 aromatic heterocycles. The van der Waals surface area contributed by atoms with Gasteiger partial charge in [-0.1, -0.05) is 32.9 Å². The van der Waals surface area contributed by atoms with Crippen LogP contribution < -0.4 is 10.2 Å². The summed E-state index contributed by atoms with van der Waals surface area (Å²) in [6.45, 7) is 10.3. The van der Waals surface area contributed by atoms with E-state index in [2.05, 4.69) is 31.0 Å². The zero-order valence-electron chi connectivity index (χ0n) is 12.3. The Morgan fingerprint density at radius 2 is 2.16 bits per heavy atom. The molecule has 0 aliphatic carbocycles. The first-order chi connectivity index (χ1) is 9.03. The number of hydrogen-bond donors (Lipinski definition) is 1. The van der Waals surface area contributed by atoms with Crippen LogP contribution in [0.3, 0.4) is 0 Å². The molecule has 0 spiro atoms. The topological polar surface area (TPSA) is 15.3 Å². The summed E-state index contributed by atoms with van der Waals surface area (Å²) in [6.07, 6.45) is 2.23. The molecule has 1 aromatic carbocycles. The molecule has 1 heterocycles. The summed E-state index contributed by atoms with van der Waals surface area (Å²) >= 11 is 0. The average Bonchev–Trinajstić information content (AvgIpc) is 2.70. The second kappa shape index (κ2) is 5.91. The summed E-state index contributed by atoms with van der Waals surface area (Å²) < 4.78 is 14.2. The molecule has 1 aliphatic heterocycles. The van der Waals surface area contributed by atoms with Crippen molar-refractivity contribution in [2.75, 3.05) is 24.5 Å². The molecule has 19 heavy (non-hydrogen) atoms. The first-order valence-corrected chi connectivity index (χ1v) is 7.26. The van der Waals surface area contributed by atoms with E-state index in [1.54, 1.807) is 6.07 Å². The van der Waals surface area contributed by atoms with Crippen LogP contribution in [0.25, 0.3) is 0 Å². The van der Waals surface area contributed by atoms with Gasteiger partial charge in [-0.3, -0.25) is 0 Å². The summed E-state index contributed by atoms with van der Waals surface area (Å²) in [7, 11) is 0. The van der Waals surface area contributed by atoms with Crippen molar-refractivity contribution in [1.82, 2.24) is 5.32 Å². The van der Waals surface area contributed by atoms with Gasteiger partial charge in [0.2, 0.25) is 0 Å². The van der Waals surface area contributed by atoms with Crippen molar-refractivity contribution in [2.45, 2.75) is 40.2 Å². The molecule has 0 bridgehead atoms. The monoisotopic (exact) mass is 264 g/mol. The molecule has 1 saturated heterocycles. The van der Waals surface area contributed by atoms with Crippen molar-refractivity contribution in [1.29, 1.82) is 0 Å². The van der Waals surface area contributed by atoms with Gasteiger partial charge in [-0.15, -0.1) is 0 Å². The van der Waals surface area contributed by atoms with Gasteiger partial charge >= 0.3 is 0 Å². The van der Waals surface area contributed by atoms with Gasteiger partial charge in [-0.05, 0) is 36.4 Å². The highest BCUT2D eigenvalue weighted by atomic mass is 19.1. The average molecular weight is 264 g/mol. The predicted octanol–water partition coefficient (Wildman–Crippen LogP) is 3.56. The van der Waals surface area contributed by atoms with Crippen LogP contribution in [0.4, 0.5) is 10.1 Å². The molecule has 1 N–H and O–H groups in total. The third kappa shape index (κ3) is 3.47. The molecule has 2 nitrogen and oxygen atoms in total. The molecule has 0 radical (unpaired) electrons. The van der Waals surface area contributed by atoms with Crippen LogP contribution in [0, 0.1) is 11.2 Å². The summed E-state index contributed by atoms with van der Waals surface area (Å²) in [6, 6.07) is 5.42. The Hall–Kier alpha value is -1.09. The van der Waals surface area contributed by atoms with Crippen LogP contribution >= 0.6 is 0 Å². The first-order valence-electron chi connectivity index (χ1n) is 7.26. The minimum atomic E-state index is -0.0894. The van der Waals surface area contributed by atoms with Crippen LogP contribution in [-0.2, 0) is 6.54 Å². The maximum absolute atomic E-state index is 14.2. The van der Waals surface area contributed by atoms with Gasteiger partial charge in [0.25, 0.3) is 0 Å². The van der Waals surface area contributed by atoms with Crippen molar-refractivity contribution in [3.63, 3.8) is 0 Å². The van der Waals surface area contributed by atoms with E-state index in [9.17, 15) is 4.39 Å². The van der Waals surface area contributed by atoms with Crippen LogP contribution in [-0.4, -0.2) is 19.6 Å². The number of rotatable bonds is 5. The molecule has 0 amide bonds. The normalized spacial score (nSPS) is 18.0. The standard InChI is InChI=1S/C16H25FN2/c1-4-9-18-11-13-6-5-7-14(17)15(13)19-10-8-16(2,3)12-19/h5-7,18H,4,8-12H2,1-3H3. The van der Waals surface area contributed by atoms with E-state index in [-0.39, 0.29) is 11.2 Å². The van der Waals surface area contributed by atoms with E-state index in [1.807, 2.05) is 12.1 Å². The van der Waals surface area contributed by atoms with E-state index in [1.165, 1.54) is 0 Å². The van der Waals surface area contributed by atoms with Gasteiger partial charge in [0.1, 0.15) is 5.82 Å². The second-order valence-corrected chi connectivity index (χ2v) is 6.26. The Labute approximate surface area is 116 Å². The Morgan fingerprint density at radius 3 is 2.79 bits per heavy atom. The van der Waals surface area contributed by atoms with Crippen molar-refractivity contribution in [3.05, 3.63) is 29.6 Å². The molecule has 3 heteroatoms. The summed E-state index contributed by atoms with van der Waals surface area (Å²) in [5.74, 6) is -0.0894. The number of nitrogens with one attached hydrogen (secondary N) is 1. The van der Waals surface area contributed by atoms with Crippen LogP contribution in [0.15, 0.2) is 18.2 Å². The molecule has 1 fully saturated rings. The van der Waals surface area contributed by atoms with E-state index < -0.39 is 0 Å². The molecule has 0 saturated carbocycles. The number of anilines is 1. The van der Waals surface area contributed by atoms with Gasteiger partial charge in [-0.25, -0.2) is 4.39 Å². The summed E-state index contributed by atoms with van der Waals surface area (Å²) in [5.41, 5.74) is 2.17. The van der Waals surface area contributed by atoms with Crippen LogP contribution in [0.1, 0.15) is 39.2 Å². The minimum Gasteiger partial charge on any atom is -0.368 e. The fraction of sp³-hybridized carbons (Fsp3) is 0.625. The molecule has 1 aliphatic rings. The Kier molecular flexibility index (Phi) is 4.46. The van der Waals surface area contributed by atoms with E-state index in [4.69, 9.17) is 0 Å². The fourth-order valence-electron chi connectivity index (χ4n) is 2.76. The summed E-state index contributed by atoms with van der Waals surface area (Å²) in [4.78, 5) is 2.21. The number of benzene rings is 1. The number of halogens is 1. The lowest BCUT2D eigenvalue weighted by Crippen LogP contribution is -2.26. The quantitative estimate of drug-likeness (QED) is 0.818. The number of nitrogens with zero attached hydrogens (tertiary/aromatic N) is 1. The Balaban J connectivity index is 2.18. The fourth-order valence-corrected chi connectivity index (χ4v) is 2.76. The minimum absolute atomic E-state index is 0.0894. The predicted molar refractivity (Wildman–Crippen MR) is 79.0 cm³/mol. The van der Waals surface area contributed by atoms with Gasteiger partial charge in [-0.2, -0.15) is 0 Å². The van der Waals surface area contributed by atoms with Crippen molar-refractivity contribution < 1.29 is 4.39 Å². The van der Waals surface area contributed by atoms with E-state index in [0.717, 1.165) is 50.3 Å². The van der Waals surface area contributed by atoms with Gasteiger partial charge in [0.15, 0.2) is 0 Å². The zero-order valence-corrected chi connectivity index (χ0v) is 12.3. The Bertz CT molecular complexity index is 429. The van der Waals surface area contributed by atoms with Crippen molar-refractivity contribution in [2.24, 2.45) is 5.41 Å². The number of para-hydroxylation sites is 1. The van der Waals surface area contributed by atoms with Crippen molar-refractivity contribution >= 4 is 5.69 Å². The van der Waals surface area contributed by atoms with Gasteiger partial charge in [0, 0.05) is 19.6 Å².